The van der Waals surface area contributed by atoms with Crippen molar-refractivity contribution in [1.82, 2.24) is 9.88 Å². The number of fused-ring (bicyclic) bond motifs is 4. The molecule has 3 aliphatic rings. The molecule has 4 heterocycles. The van der Waals surface area contributed by atoms with Crippen molar-refractivity contribution in [1.29, 1.82) is 0 Å². The average molecular weight is 366 g/mol. The number of hydrogen-bond donors (Lipinski definition) is 0. The van der Waals surface area contributed by atoms with Crippen LogP contribution < -0.4 is 4.74 Å². The second kappa shape index (κ2) is 7.31. The van der Waals surface area contributed by atoms with Gasteiger partial charge in [0.2, 0.25) is 0 Å². The van der Waals surface area contributed by atoms with Crippen LogP contribution in [0.2, 0.25) is 0 Å². The Morgan fingerprint density at radius 2 is 2.26 bits per heavy atom. The minimum atomic E-state index is -0.311. The molecule has 5 heteroatoms. The van der Waals surface area contributed by atoms with Gasteiger partial charge in [-0.25, -0.2) is 0 Å². The molecule has 2 aromatic rings. The van der Waals surface area contributed by atoms with Crippen molar-refractivity contribution in [2.45, 2.75) is 31.9 Å². The number of carbonyl (C=O) groups excluding carboxylic acids is 1. The third-order valence-corrected chi connectivity index (χ3v) is 6.09. The van der Waals surface area contributed by atoms with Crippen LogP contribution in [0.4, 0.5) is 0 Å². The molecule has 4 unspecified atom stereocenters. The van der Waals surface area contributed by atoms with Gasteiger partial charge in [-0.2, -0.15) is 0 Å². The number of esters is 1. The quantitative estimate of drug-likeness (QED) is 0.596. The van der Waals surface area contributed by atoms with Gasteiger partial charge in [-0.1, -0.05) is 6.08 Å². The van der Waals surface area contributed by atoms with Crippen LogP contribution >= 0.6 is 0 Å². The van der Waals surface area contributed by atoms with E-state index in [0.717, 1.165) is 41.7 Å². The highest BCUT2D eigenvalue weighted by Gasteiger charge is 2.44. The Morgan fingerprint density at radius 1 is 1.41 bits per heavy atom. The van der Waals surface area contributed by atoms with Gasteiger partial charge in [0, 0.05) is 30.6 Å². The second-order valence-electron chi connectivity index (χ2n) is 7.56. The largest absolute Gasteiger partial charge is 0.497 e. The molecule has 27 heavy (non-hydrogen) atoms. The van der Waals surface area contributed by atoms with E-state index in [1.54, 1.807) is 13.3 Å². The maximum atomic E-state index is 12.0. The van der Waals surface area contributed by atoms with E-state index in [4.69, 9.17) is 9.47 Å². The van der Waals surface area contributed by atoms with Crippen molar-refractivity contribution in [3.8, 4) is 5.75 Å². The van der Waals surface area contributed by atoms with Crippen molar-refractivity contribution in [3.05, 3.63) is 48.7 Å². The third kappa shape index (κ3) is 3.32. The Hall–Kier alpha value is -2.40. The Bertz CT molecular complexity index is 866. The van der Waals surface area contributed by atoms with Gasteiger partial charge in [0.25, 0.3) is 0 Å². The number of aromatic nitrogens is 1. The second-order valence-corrected chi connectivity index (χ2v) is 7.56. The normalized spacial score (nSPS) is 27.9. The highest BCUT2D eigenvalue weighted by molar-refractivity contribution is 5.84. The molecule has 3 aliphatic heterocycles. The summed E-state index contributed by atoms with van der Waals surface area (Å²) in [5.74, 6) is 1.66. The summed E-state index contributed by atoms with van der Waals surface area (Å²) in [6.07, 6.45) is 5.77. The fourth-order valence-corrected chi connectivity index (χ4v) is 4.74. The number of methoxy groups -OCH3 is 1. The molecule has 5 atom stereocenters. The van der Waals surface area contributed by atoms with E-state index in [-0.39, 0.29) is 18.1 Å². The summed E-state index contributed by atoms with van der Waals surface area (Å²) in [4.78, 5) is 18.9. The standard InChI is InChI=1S/C22H26N2O3/c1-4-15-13-24-10-8-16(15)11-21(24)22(27-14(2)25)18-7-9-23-20-6-5-17(26-3)12-19(18)20/h4-7,9,12,15-16,21-22H,1,8,10-11,13H2,2-3H3/t15?,16?,21?,22-/m1/s1. The predicted octanol–water partition coefficient (Wildman–Crippen LogP) is 3.74. The van der Waals surface area contributed by atoms with E-state index in [1.807, 2.05) is 24.3 Å². The first-order valence-corrected chi connectivity index (χ1v) is 9.57. The molecule has 0 radical (unpaired) electrons. The lowest BCUT2D eigenvalue weighted by Gasteiger charge is -2.51. The van der Waals surface area contributed by atoms with Crippen molar-refractivity contribution >= 4 is 16.9 Å². The SMILES string of the molecule is C=CC1CN2CCC1CC2[C@H](OC(C)=O)c1ccnc2ccc(OC)cc12. The molecule has 0 spiro atoms. The van der Waals surface area contributed by atoms with Crippen LogP contribution in [0.15, 0.2) is 43.1 Å². The van der Waals surface area contributed by atoms with Crippen LogP contribution in [0.25, 0.3) is 10.9 Å². The van der Waals surface area contributed by atoms with Gasteiger partial charge in [0.15, 0.2) is 0 Å². The van der Waals surface area contributed by atoms with Crippen LogP contribution in [-0.4, -0.2) is 42.1 Å². The molecular formula is C22H26N2O3. The summed E-state index contributed by atoms with van der Waals surface area (Å²) in [5.41, 5.74) is 1.88. The highest BCUT2D eigenvalue weighted by Crippen LogP contribution is 2.43. The van der Waals surface area contributed by atoms with Crippen molar-refractivity contribution in [2.75, 3.05) is 20.2 Å². The van der Waals surface area contributed by atoms with E-state index < -0.39 is 0 Å². The van der Waals surface area contributed by atoms with Crippen LogP contribution in [0.5, 0.6) is 5.75 Å². The topological polar surface area (TPSA) is 51.7 Å². The van der Waals surface area contributed by atoms with Gasteiger partial charge < -0.3 is 9.47 Å². The highest BCUT2D eigenvalue weighted by atomic mass is 16.5. The van der Waals surface area contributed by atoms with Crippen LogP contribution in [0.3, 0.4) is 0 Å². The molecule has 3 saturated heterocycles. The van der Waals surface area contributed by atoms with E-state index in [0.29, 0.717) is 11.8 Å². The van der Waals surface area contributed by atoms with Gasteiger partial charge in [-0.15, -0.1) is 6.58 Å². The molecule has 1 aromatic heterocycles. The van der Waals surface area contributed by atoms with Crippen LogP contribution in [0.1, 0.15) is 31.4 Å². The third-order valence-electron chi connectivity index (χ3n) is 6.09. The average Bonchev–Trinajstić information content (AvgIpc) is 2.71. The fourth-order valence-electron chi connectivity index (χ4n) is 4.74. The smallest absolute Gasteiger partial charge is 0.303 e. The summed E-state index contributed by atoms with van der Waals surface area (Å²) >= 11 is 0. The first-order valence-electron chi connectivity index (χ1n) is 9.57. The predicted molar refractivity (Wildman–Crippen MR) is 105 cm³/mol. The van der Waals surface area contributed by atoms with Crippen LogP contribution in [0, 0.1) is 11.8 Å². The number of benzene rings is 1. The van der Waals surface area contributed by atoms with Gasteiger partial charge in [0.1, 0.15) is 11.9 Å². The molecule has 0 N–H and O–H groups in total. The number of rotatable bonds is 5. The van der Waals surface area contributed by atoms with Crippen molar-refractivity contribution < 1.29 is 14.3 Å². The minimum absolute atomic E-state index is 0.181. The monoisotopic (exact) mass is 366 g/mol. The summed E-state index contributed by atoms with van der Waals surface area (Å²) in [6.45, 7) is 7.53. The Morgan fingerprint density at radius 3 is 2.93 bits per heavy atom. The molecular weight excluding hydrogens is 340 g/mol. The van der Waals surface area contributed by atoms with Crippen LogP contribution in [-0.2, 0) is 9.53 Å². The Balaban J connectivity index is 1.76. The number of piperidine rings is 3. The van der Waals surface area contributed by atoms with E-state index in [9.17, 15) is 4.79 Å². The zero-order valence-electron chi connectivity index (χ0n) is 15.9. The first kappa shape index (κ1) is 18.0. The maximum absolute atomic E-state index is 12.0. The van der Waals surface area contributed by atoms with Gasteiger partial charge in [-0.05, 0) is 55.5 Å². The molecule has 142 valence electrons. The maximum Gasteiger partial charge on any atom is 0.303 e. The molecule has 0 aliphatic carbocycles. The Kier molecular flexibility index (Phi) is 4.87. The van der Waals surface area contributed by atoms with Crippen molar-refractivity contribution in [2.24, 2.45) is 11.8 Å². The van der Waals surface area contributed by atoms with Gasteiger partial charge >= 0.3 is 5.97 Å². The van der Waals surface area contributed by atoms with E-state index in [1.165, 1.54) is 13.3 Å². The Labute approximate surface area is 160 Å². The molecule has 3 fully saturated rings. The summed E-state index contributed by atoms with van der Waals surface area (Å²) in [7, 11) is 1.65. The molecule has 5 nitrogen and oxygen atoms in total. The minimum Gasteiger partial charge on any atom is -0.497 e. The van der Waals surface area contributed by atoms with E-state index in [2.05, 4.69) is 22.5 Å². The lowest BCUT2D eigenvalue weighted by molar-refractivity contribution is -0.154. The molecule has 0 amide bonds. The number of pyridine rings is 1. The molecule has 2 bridgehead atoms. The van der Waals surface area contributed by atoms with Gasteiger partial charge in [-0.3, -0.25) is 14.7 Å². The first-order chi connectivity index (χ1) is 13.1. The van der Waals surface area contributed by atoms with E-state index >= 15 is 0 Å². The van der Waals surface area contributed by atoms with Crippen molar-refractivity contribution in [3.63, 3.8) is 0 Å². The summed E-state index contributed by atoms with van der Waals surface area (Å²) < 4.78 is 11.3. The van der Waals surface area contributed by atoms with Gasteiger partial charge in [0.05, 0.1) is 18.7 Å². The fraction of sp³-hybridized carbons (Fsp3) is 0.455. The summed E-state index contributed by atoms with van der Waals surface area (Å²) in [5, 5.41) is 0.978. The zero-order chi connectivity index (χ0) is 19.0. The number of ether oxygens (including phenoxy) is 2. The zero-order valence-corrected chi connectivity index (χ0v) is 15.9. The summed E-state index contributed by atoms with van der Waals surface area (Å²) in [6, 6.07) is 7.99. The lowest BCUT2D eigenvalue weighted by atomic mass is 9.73. The number of carbonyl (C=O) groups is 1. The molecule has 1 aromatic carbocycles. The number of hydrogen-bond acceptors (Lipinski definition) is 5. The number of nitrogens with zero attached hydrogens (tertiary/aromatic N) is 2. The lowest BCUT2D eigenvalue weighted by Crippen LogP contribution is -2.55. The molecule has 0 saturated carbocycles. The molecule has 5 rings (SSSR count).